The molecule has 1 N–H and O–H groups in total. The molecule has 0 saturated heterocycles. The van der Waals surface area contributed by atoms with Crippen molar-refractivity contribution in [3.05, 3.63) is 64.7 Å². The lowest BCUT2D eigenvalue weighted by atomic mass is 10.1. The molecule has 168 valence electrons. The molecule has 0 aliphatic rings. The highest BCUT2D eigenvalue weighted by atomic mass is 35.5. The zero-order valence-corrected chi connectivity index (χ0v) is 20.1. The molecule has 31 heavy (non-hydrogen) atoms. The number of rotatable bonds is 11. The number of carbonyl (C=O) groups is 2. The van der Waals surface area contributed by atoms with E-state index in [1.165, 1.54) is 11.8 Å². The number of nitrogens with zero attached hydrogens (tertiary/aromatic N) is 1. The standard InChI is InChI=1S/C24H31ClN2O3S/c1-17(2)13-26-24(29)18(3)27(14-19-9-11-21(30-4)12-10-19)23(28)16-31-15-20-7-5-6-8-22(20)25/h5-12,17-18H,13-16H2,1-4H3,(H,26,29)/t18-/m1/s1. The average molecular weight is 463 g/mol. The van der Waals surface area contributed by atoms with Crippen LogP contribution >= 0.6 is 23.4 Å². The number of ether oxygens (including phenoxy) is 1. The molecule has 0 aliphatic heterocycles. The van der Waals surface area contributed by atoms with Crippen LogP contribution in [0.2, 0.25) is 5.02 Å². The molecule has 0 aromatic heterocycles. The Kier molecular flexibility index (Phi) is 10.2. The fourth-order valence-electron chi connectivity index (χ4n) is 2.91. The fourth-order valence-corrected chi connectivity index (χ4v) is 4.11. The van der Waals surface area contributed by atoms with E-state index >= 15 is 0 Å². The zero-order chi connectivity index (χ0) is 22.8. The maximum Gasteiger partial charge on any atom is 0.242 e. The molecule has 0 saturated carbocycles. The molecule has 0 spiro atoms. The Hall–Kier alpha value is -2.18. The quantitative estimate of drug-likeness (QED) is 0.522. The summed E-state index contributed by atoms with van der Waals surface area (Å²) in [7, 11) is 1.61. The number of benzene rings is 2. The van der Waals surface area contributed by atoms with E-state index in [0.717, 1.165) is 16.9 Å². The maximum atomic E-state index is 13.1. The van der Waals surface area contributed by atoms with Crippen LogP contribution in [0.1, 0.15) is 31.9 Å². The molecule has 2 aromatic rings. The van der Waals surface area contributed by atoms with Crippen LogP contribution in [0.4, 0.5) is 0 Å². The molecular weight excluding hydrogens is 432 g/mol. The van der Waals surface area contributed by atoms with Gasteiger partial charge in [0.2, 0.25) is 11.8 Å². The van der Waals surface area contributed by atoms with E-state index in [1.54, 1.807) is 18.9 Å². The molecule has 7 heteroatoms. The molecule has 0 heterocycles. The van der Waals surface area contributed by atoms with Gasteiger partial charge in [-0.3, -0.25) is 9.59 Å². The summed E-state index contributed by atoms with van der Waals surface area (Å²) in [5, 5.41) is 3.63. The Morgan fingerprint density at radius 3 is 2.39 bits per heavy atom. The number of methoxy groups -OCH3 is 1. The Labute approximate surface area is 194 Å². The van der Waals surface area contributed by atoms with Gasteiger partial charge in [-0.05, 0) is 42.2 Å². The second kappa shape index (κ2) is 12.6. The molecule has 1 atom stereocenters. The molecule has 2 amide bonds. The van der Waals surface area contributed by atoms with Crippen LogP contribution < -0.4 is 10.1 Å². The van der Waals surface area contributed by atoms with Gasteiger partial charge in [-0.1, -0.05) is 55.8 Å². The van der Waals surface area contributed by atoms with E-state index in [0.29, 0.717) is 29.8 Å². The second-order valence-corrected chi connectivity index (χ2v) is 9.16. The third-order valence-corrected chi connectivity index (χ3v) is 6.14. The molecule has 5 nitrogen and oxygen atoms in total. The van der Waals surface area contributed by atoms with E-state index in [9.17, 15) is 9.59 Å². The number of thioether (sulfide) groups is 1. The lowest BCUT2D eigenvalue weighted by molar-refractivity contribution is -0.138. The normalized spacial score (nSPS) is 11.8. The molecule has 0 fully saturated rings. The van der Waals surface area contributed by atoms with Crippen molar-refractivity contribution in [2.75, 3.05) is 19.4 Å². The molecule has 2 rings (SSSR count). The summed E-state index contributed by atoms with van der Waals surface area (Å²) < 4.78 is 5.21. The first-order valence-corrected chi connectivity index (χ1v) is 11.9. The minimum atomic E-state index is -0.575. The van der Waals surface area contributed by atoms with E-state index in [1.807, 2.05) is 62.4 Å². The van der Waals surface area contributed by atoms with Crippen molar-refractivity contribution in [3.63, 3.8) is 0 Å². The van der Waals surface area contributed by atoms with Crippen LogP contribution in [0.5, 0.6) is 5.75 Å². The maximum absolute atomic E-state index is 13.1. The second-order valence-electron chi connectivity index (χ2n) is 7.77. The topological polar surface area (TPSA) is 58.6 Å². The van der Waals surface area contributed by atoms with Gasteiger partial charge in [-0.25, -0.2) is 0 Å². The first-order chi connectivity index (χ1) is 14.8. The number of nitrogens with one attached hydrogen (secondary N) is 1. The Morgan fingerprint density at radius 2 is 1.77 bits per heavy atom. The summed E-state index contributed by atoms with van der Waals surface area (Å²) in [5.41, 5.74) is 1.93. The molecule has 0 unspecified atom stereocenters. The number of amides is 2. The fraction of sp³-hybridized carbons (Fsp3) is 0.417. The van der Waals surface area contributed by atoms with Gasteiger partial charge < -0.3 is 15.0 Å². The highest BCUT2D eigenvalue weighted by Crippen LogP contribution is 2.22. The largest absolute Gasteiger partial charge is 0.497 e. The van der Waals surface area contributed by atoms with Gasteiger partial charge in [0.25, 0.3) is 0 Å². The Bertz CT molecular complexity index is 858. The summed E-state index contributed by atoms with van der Waals surface area (Å²) in [5.74, 6) is 1.76. The van der Waals surface area contributed by atoms with Crippen molar-refractivity contribution in [3.8, 4) is 5.75 Å². The van der Waals surface area contributed by atoms with Crippen LogP contribution in [0, 0.1) is 5.92 Å². The first kappa shape index (κ1) is 25.1. The minimum Gasteiger partial charge on any atom is -0.497 e. The van der Waals surface area contributed by atoms with Crippen molar-refractivity contribution in [2.45, 2.75) is 39.1 Å². The Balaban J connectivity index is 2.07. The lowest BCUT2D eigenvalue weighted by Gasteiger charge is -2.29. The van der Waals surface area contributed by atoms with Crippen molar-refractivity contribution < 1.29 is 14.3 Å². The number of halogens is 1. The van der Waals surface area contributed by atoms with E-state index < -0.39 is 6.04 Å². The van der Waals surface area contributed by atoms with Gasteiger partial charge in [-0.15, -0.1) is 11.8 Å². The molecular formula is C24H31ClN2O3S. The third kappa shape index (κ3) is 8.11. The molecule has 2 aromatic carbocycles. The first-order valence-electron chi connectivity index (χ1n) is 10.3. The van der Waals surface area contributed by atoms with Crippen LogP contribution in [0.3, 0.4) is 0 Å². The molecule has 0 bridgehead atoms. The van der Waals surface area contributed by atoms with Gasteiger partial charge >= 0.3 is 0 Å². The highest BCUT2D eigenvalue weighted by Gasteiger charge is 2.26. The van der Waals surface area contributed by atoms with Crippen LogP contribution in [0.15, 0.2) is 48.5 Å². The van der Waals surface area contributed by atoms with Crippen LogP contribution in [-0.2, 0) is 21.9 Å². The number of hydrogen-bond donors (Lipinski definition) is 1. The summed E-state index contributed by atoms with van der Waals surface area (Å²) in [6.07, 6.45) is 0. The van der Waals surface area contributed by atoms with Gasteiger partial charge in [0.05, 0.1) is 12.9 Å². The smallest absolute Gasteiger partial charge is 0.242 e. The van der Waals surface area contributed by atoms with Crippen LogP contribution in [0.25, 0.3) is 0 Å². The monoisotopic (exact) mass is 462 g/mol. The van der Waals surface area contributed by atoms with Crippen molar-refractivity contribution >= 4 is 35.2 Å². The minimum absolute atomic E-state index is 0.0833. The lowest BCUT2D eigenvalue weighted by Crippen LogP contribution is -2.48. The third-order valence-electron chi connectivity index (χ3n) is 4.80. The van der Waals surface area contributed by atoms with Gasteiger partial charge in [0.15, 0.2) is 0 Å². The predicted octanol–water partition coefficient (Wildman–Crippen LogP) is 4.77. The molecule has 0 radical (unpaired) electrons. The zero-order valence-electron chi connectivity index (χ0n) is 18.6. The molecule has 0 aliphatic carbocycles. The Morgan fingerprint density at radius 1 is 1.10 bits per heavy atom. The van der Waals surface area contributed by atoms with Crippen molar-refractivity contribution in [1.29, 1.82) is 0 Å². The highest BCUT2D eigenvalue weighted by molar-refractivity contribution is 7.99. The van der Waals surface area contributed by atoms with E-state index in [2.05, 4.69) is 5.32 Å². The summed E-state index contributed by atoms with van der Waals surface area (Å²) in [6, 6.07) is 14.6. The van der Waals surface area contributed by atoms with E-state index in [-0.39, 0.29) is 17.6 Å². The van der Waals surface area contributed by atoms with Crippen LogP contribution in [-0.4, -0.2) is 42.2 Å². The van der Waals surface area contributed by atoms with Crippen molar-refractivity contribution in [1.82, 2.24) is 10.2 Å². The van der Waals surface area contributed by atoms with Gasteiger partial charge in [0.1, 0.15) is 11.8 Å². The van der Waals surface area contributed by atoms with Gasteiger partial charge in [0, 0.05) is 23.9 Å². The SMILES string of the molecule is COc1ccc(CN(C(=O)CSCc2ccccc2Cl)[C@H](C)C(=O)NCC(C)C)cc1. The summed E-state index contributed by atoms with van der Waals surface area (Å²) >= 11 is 7.71. The van der Waals surface area contributed by atoms with Crippen molar-refractivity contribution in [2.24, 2.45) is 5.92 Å². The average Bonchev–Trinajstić information content (AvgIpc) is 2.76. The van der Waals surface area contributed by atoms with E-state index in [4.69, 9.17) is 16.3 Å². The van der Waals surface area contributed by atoms with Gasteiger partial charge in [-0.2, -0.15) is 0 Å². The predicted molar refractivity (Wildman–Crippen MR) is 128 cm³/mol. The number of carbonyl (C=O) groups excluding carboxylic acids is 2. The number of hydrogen-bond acceptors (Lipinski definition) is 4. The summed E-state index contributed by atoms with van der Waals surface area (Å²) in [6.45, 7) is 6.78. The summed E-state index contributed by atoms with van der Waals surface area (Å²) in [4.78, 5) is 27.4.